The molecule has 0 unspecified atom stereocenters. The van der Waals surface area contributed by atoms with Gasteiger partial charge in [-0.3, -0.25) is 0 Å². The van der Waals surface area contributed by atoms with Gasteiger partial charge in [-0.05, 0) is 66.8 Å². The summed E-state index contributed by atoms with van der Waals surface area (Å²) in [5.74, 6) is 2.49. The van der Waals surface area contributed by atoms with Crippen LogP contribution in [0.1, 0.15) is 50.7 Å². The van der Waals surface area contributed by atoms with Crippen LogP contribution in [0.2, 0.25) is 0 Å². The molecule has 4 heteroatoms. The van der Waals surface area contributed by atoms with Crippen molar-refractivity contribution in [2.75, 3.05) is 6.61 Å². The molecule has 1 heterocycles. The second-order valence-electron chi connectivity index (χ2n) is 7.18. The van der Waals surface area contributed by atoms with E-state index in [1.165, 1.54) is 18.4 Å². The molecule has 0 saturated heterocycles. The van der Waals surface area contributed by atoms with Crippen molar-refractivity contribution in [1.82, 2.24) is 9.97 Å². The highest BCUT2D eigenvalue weighted by Crippen LogP contribution is 2.21. The molecule has 4 nitrogen and oxygen atoms in total. The van der Waals surface area contributed by atoms with Crippen LogP contribution in [-0.4, -0.2) is 16.6 Å². The molecule has 0 fully saturated rings. The standard InChI is InChI=1S/C25H30N2O2/c1-3-5-7-21-17-26-25(27-18-21)22-10-14-24(15-11-22)29-19-20-8-12-23(13-9-20)28-16-6-4-2/h8-15,17-18H,3-7,16,19H2,1-2H3. The first-order valence-corrected chi connectivity index (χ1v) is 10.5. The monoisotopic (exact) mass is 390 g/mol. The molecule has 0 N–H and O–H groups in total. The van der Waals surface area contributed by atoms with E-state index in [4.69, 9.17) is 9.47 Å². The second kappa shape index (κ2) is 11.2. The maximum Gasteiger partial charge on any atom is 0.159 e. The number of nitrogens with zero attached hydrogens (tertiary/aromatic N) is 2. The number of unbranched alkanes of at least 4 members (excludes halogenated alkanes) is 2. The Kier molecular flexibility index (Phi) is 8.05. The molecule has 0 aliphatic rings. The summed E-state index contributed by atoms with van der Waals surface area (Å²) < 4.78 is 11.6. The Bertz CT molecular complexity index is 844. The maximum atomic E-state index is 5.90. The van der Waals surface area contributed by atoms with Crippen molar-refractivity contribution in [2.24, 2.45) is 0 Å². The Morgan fingerprint density at radius 3 is 1.97 bits per heavy atom. The quantitative estimate of drug-likeness (QED) is 0.363. The first kappa shape index (κ1) is 20.8. The lowest BCUT2D eigenvalue weighted by Crippen LogP contribution is -1.98. The number of benzene rings is 2. The van der Waals surface area contributed by atoms with Gasteiger partial charge < -0.3 is 9.47 Å². The molecule has 3 rings (SSSR count). The lowest BCUT2D eigenvalue weighted by molar-refractivity contribution is 0.302. The van der Waals surface area contributed by atoms with Crippen molar-refractivity contribution >= 4 is 0 Å². The third-order valence-corrected chi connectivity index (χ3v) is 4.73. The lowest BCUT2D eigenvalue weighted by Gasteiger charge is -2.09. The van der Waals surface area contributed by atoms with E-state index in [1.807, 2.05) is 60.9 Å². The molecule has 29 heavy (non-hydrogen) atoms. The zero-order valence-electron chi connectivity index (χ0n) is 17.4. The molecule has 0 atom stereocenters. The minimum Gasteiger partial charge on any atom is -0.494 e. The third-order valence-electron chi connectivity index (χ3n) is 4.73. The molecule has 0 radical (unpaired) electrons. The van der Waals surface area contributed by atoms with E-state index in [0.29, 0.717) is 6.61 Å². The molecule has 3 aromatic rings. The predicted molar refractivity (Wildman–Crippen MR) is 117 cm³/mol. The highest BCUT2D eigenvalue weighted by Gasteiger charge is 2.03. The molecular formula is C25H30N2O2. The zero-order chi connectivity index (χ0) is 20.3. The summed E-state index contributed by atoms with van der Waals surface area (Å²) in [7, 11) is 0. The molecule has 0 spiro atoms. The summed E-state index contributed by atoms with van der Waals surface area (Å²) in [6.07, 6.45) is 9.46. The normalized spacial score (nSPS) is 10.7. The predicted octanol–water partition coefficient (Wildman–Crippen LogP) is 6.24. The Balaban J connectivity index is 1.51. The SMILES string of the molecule is CCCCOc1ccc(COc2ccc(-c3ncc(CCCC)cn3)cc2)cc1. The highest BCUT2D eigenvalue weighted by atomic mass is 16.5. The van der Waals surface area contributed by atoms with Gasteiger partial charge in [-0.1, -0.05) is 38.8 Å². The fraction of sp³-hybridized carbons (Fsp3) is 0.360. The molecule has 0 amide bonds. The molecule has 152 valence electrons. The number of hydrogen-bond acceptors (Lipinski definition) is 4. The van der Waals surface area contributed by atoms with Crippen molar-refractivity contribution in [3.63, 3.8) is 0 Å². The molecule has 0 aliphatic heterocycles. The maximum absolute atomic E-state index is 5.90. The van der Waals surface area contributed by atoms with Gasteiger partial charge in [-0.25, -0.2) is 9.97 Å². The zero-order valence-corrected chi connectivity index (χ0v) is 17.4. The third kappa shape index (κ3) is 6.60. The van der Waals surface area contributed by atoms with Crippen molar-refractivity contribution < 1.29 is 9.47 Å². The van der Waals surface area contributed by atoms with Crippen LogP contribution in [0.25, 0.3) is 11.4 Å². The van der Waals surface area contributed by atoms with Crippen LogP contribution in [0.3, 0.4) is 0 Å². The van der Waals surface area contributed by atoms with Gasteiger partial charge in [0.15, 0.2) is 5.82 Å². The van der Waals surface area contributed by atoms with Crippen LogP contribution in [0, 0.1) is 0 Å². The van der Waals surface area contributed by atoms with Gasteiger partial charge in [0, 0.05) is 18.0 Å². The summed E-state index contributed by atoms with van der Waals surface area (Å²) in [5, 5.41) is 0. The van der Waals surface area contributed by atoms with E-state index in [-0.39, 0.29) is 0 Å². The number of ether oxygens (including phenoxy) is 2. The van der Waals surface area contributed by atoms with Crippen LogP contribution in [0.15, 0.2) is 60.9 Å². The molecule has 0 aliphatic carbocycles. The Morgan fingerprint density at radius 1 is 0.690 bits per heavy atom. The number of aryl methyl sites for hydroxylation is 1. The van der Waals surface area contributed by atoms with Gasteiger partial charge in [0.25, 0.3) is 0 Å². The highest BCUT2D eigenvalue weighted by molar-refractivity contribution is 5.55. The van der Waals surface area contributed by atoms with Crippen molar-refractivity contribution in [3.8, 4) is 22.9 Å². The van der Waals surface area contributed by atoms with Crippen LogP contribution in [0.5, 0.6) is 11.5 Å². The van der Waals surface area contributed by atoms with E-state index in [0.717, 1.165) is 54.3 Å². The first-order valence-electron chi connectivity index (χ1n) is 10.5. The largest absolute Gasteiger partial charge is 0.494 e. The van der Waals surface area contributed by atoms with Gasteiger partial charge in [-0.15, -0.1) is 0 Å². The van der Waals surface area contributed by atoms with Crippen LogP contribution >= 0.6 is 0 Å². The van der Waals surface area contributed by atoms with Crippen molar-refractivity contribution in [3.05, 3.63) is 72.1 Å². The van der Waals surface area contributed by atoms with Gasteiger partial charge >= 0.3 is 0 Å². The van der Waals surface area contributed by atoms with Crippen molar-refractivity contribution in [2.45, 2.75) is 52.6 Å². The summed E-state index contributed by atoms with van der Waals surface area (Å²) in [5.41, 5.74) is 3.30. The average molecular weight is 391 g/mol. The molecule has 1 aromatic heterocycles. The number of rotatable bonds is 11. The topological polar surface area (TPSA) is 44.2 Å². The van der Waals surface area contributed by atoms with Crippen LogP contribution in [-0.2, 0) is 13.0 Å². The first-order chi connectivity index (χ1) is 14.3. The van der Waals surface area contributed by atoms with Crippen LogP contribution in [0.4, 0.5) is 0 Å². The summed E-state index contributed by atoms with van der Waals surface area (Å²) in [6, 6.07) is 16.0. The lowest BCUT2D eigenvalue weighted by atomic mass is 10.1. The Labute approximate surface area is 173 Å². The van der Waals surface area contributed by atoms with E-state index in [9.17, 15) is 0 Å². The molecule has 2 aromatic carbocycles. The molecule has 0 saturated carbocycles. The van der Waals surface area contributed by atoms with Crippen molar-refractivity contribution in [1.29, 1.82) is 0 Å². The number of aromatic nitrogens is 2. The minimum absolute atomic E-state index is 0.525. The molecular weight excluding hydrogens is 360 g/mol. The summed E-state index contributed by atoms with van der Waals surface area (Å²) in [4.78, 5) is 8.99. The summed E-state index contributed by atoms with van der Waals surface area (Å²) in [6.45, 7) is 5.64. The van der Waals surface area contributed by atoms with Crippen LogP contribution < -0.4 is 9.47 Å². The van der Waals surface area contributed by atoms with E-state index < -0.39 is 0 Å². The second-order valence-corrected chi connectivity index (χ2v) is 7.18. The van der Waals surface area contributed by atoms with E-state index >= 15 is 0 Å². The number of hydrogen-bond donors (Lipinski definition) is 0. The minimum atomic E-state index is 0.525. The smallest absolute Gasteiger partial charge is 0.159 e. The van der Waals surface area contributed by atoms with Gasteiger partial charge in [-0.2, -0.15) is 0 Å². The van der Waals surface area contributed by atoms with E-state index in [2.05, 4.69) is 23.8 Å². The van der Waals surface area contributed by atoms with Gasteiger partial charge in [0.2, 0.25) is 0 Å². The van der Waals surface area contributed by atoms with Gasteiger partial charge in [0.05, 0.1) is 6.61 Å². The fourth-order valence-electron chi connectivity index (χ4n) is 2.90. The Hall–Kier alpha value is -2.88. The molecule has 0 bridgehead atoms. The average Bonchev–Trinajstić information content (AvgIpc) is 2.78. The van der Waals surface area contributed by atoms with Gasteiger partial charge in [0.1, 0.15) is 18.1 Å². The Morgan fingerprint density at radius 2 is 1.31 bits per heavy atom. The summed E-state index contributed by atoms with van der Waals surface area (Å²) >= 11 is 0. The van der Waals surface area contributed by atoms with E-state index in [1.54, 1.807) is 0 Å². The fourth-order valence-corrected chi connectivity index (χ4v) is 2.90.